The highest BCUT2D eigenvalue weighted by molar-refractivity contribution is 14.1. The first-order valence-electron chi connectivity index (χ1n) is 9.11. The van der Waals surface area contributed by atoms with Crippen molar-refractivity contribution in [3.8, 4) is 6.07 Å². The summed E-state index contributed by atoms with van der Waals surface area (Å²) in [7, 11) is 0. The number of nitriles is 1. The van der Waals surface area contributed by atoms with E-state index in [9.17, 15) is 10.1 Å². The number of anilines is 1. The summed E-state index contributed by atoms with van der Waals surface area (Å²) in [6.45, 7) is 6.82. The Bertz CT molecular complexity index is 969. The van der Waals surface area contributed by atoms with E-state index in [0.717, 1.165) is 33.4 Å². The normalized spacial score (nSPS) is 16.0. The predicted octanol–water partition coefficient (Wildman–Crippen LogP) is 5.50. The third-order valence-electron chi connectivity index (χ3n) is 5.14. The number of benzene rings is 1. The van der Waals surface area contributed by atoms with Crippen molar-refractivity contribution in [1.29, 1.82) is 5.26 Å². The molecule has 0 unspecified atom stereocenters. The summed E-state index contributed by atoms with van der Waals surface area (Å²) in [6.07, 6.45) is 3.00. The van der Waals surface area contributed by atoms with Gasteiger partial charge in [0.1, 0.15) is 11.1 Å². The first kappa shape index (κ1) is 21.2. The smallest absolute Gasteiger partial charge is 0.257 e. The van der Waals surface area contributed by atoms with Gasteiger partial charge in [-0.3, -0.25) is 10.1 Å². The standard InChI is InChI=1S/C21H22IN3OS2/c1-21(2,3)13-7-8-15-16(11-23)19(28-17(15)10-13)25-20(27)24-18(26)12-5-4-6-14(22)9-12/h4-6,9,13H,7-8,10H2,1-3H3,(H2,24,25,26,27)/t13-/m0/s1. The molecule has 0 saturated heterocycles. The van der Waals surface area contributed by atoms with Gasteiger partial charge in [-0.25, -0.2) is 0 Å². The van der Waals surface area contributed by atoms with Gasteiger partial charge in [-0.2, -0.15) is 5.26 Å². The minimum atomic E-state index is -0.261. The lowest BCUT2D eigenvalue weighted by Crippen LogP contribution is -2.34. The Kier molecular flexibility index (Phi) is 6.42. The maximum Gasteiger partial charge on any atom is 0.257 e. The number of thiocarbonyl (C=S) groups is 1. The Labute approximate surface area is 188 Å². The predicted molar refractivity (Wildman–Crippen MR) is 127 cm³/mol. The minimum absolute atomic E-state index is 0.214. The van der Waals surface area contributed by atoms with Crippen LogP contribution in [-0.4, -0.2) is 11.0 Å². The van der Waals surface area contributed by atoms with Gasteiger partial charge in [-0.05, 0) is 89.2 Å². The van der Waals surface area contributed by atoms with Crippen molar-refractivity contribution < 1.29 is 4.79 Å². The Hall–Kier alpha value is -1.50. The quantitative estimate of drug-likeness (QED) is 0.403. The van der Waals surface area contributed by atoms with Gasteiger partial charge in [0.25, 0.3) is 5.91 Å². The second-order valence-corrected chi connectivity index (χ2v) is 10.8. The van der Waals surface area contributed by atoms with Crippen molar-refractivity contribution in [2.75, 3.05) is 5.32 Å². The molecule has 0 aliphatic heterocycles. The molecule has 0 fully saturated rings. The Morgan fingerprint density at radius 2 is 2.14 bits per heavy atom. The summed E-state index contributed by atoms with van der Waals surface area (Å²) in [6, 6.07) is 9.64. The molecule has 0 bridgehead atoms. The van der Waals surface area contributed by atoms with E-state index < -0.39 is 0 Å². The van der Waals surface area contributed by atoms with E-state index in [1.165, 1.54) is 4.88 Å². The molecule has 1 aliphatic rings. The Morgan fingerprint density at radius 3 is 2.79 bits per heavy atom. The van der Waals surface area contributed by atoms with Crippen molar-refractivity contribution in [3.63, 3.8) is 0 Å². The molecule has 146 valence electrons. The molecular weight excluding hydrogens is 501 g/mol. The number of rotatable bonds is 2. The lowest BCUT2D eigenvalue weighted by atomic mass is 9.72. The number of fused-ring (bicyclic) bond motifs is 1. The zero-order valence-electron chi connectivity index (χ0n) is 16.1. The van der Waals surface area contributed by atoms with E-state index in [0.29, 0.717) is 17.0 Å². The van der Waals surface area contributed by atoms with Gasteiger partial charge < -0.3 is 5.32 Å². The average molecular weight is 523 g/mol. The fourth-order valence-electron chi connectivity index (χ4n) is 3.47. The molecular formula is C21H22IN3OS2. The second kappa shape index (κ2) is 8.47. The maximum atomic E-state index is 12.4. The number of halogens is 1. The molecule has 1 atom stereocenters. The third kappa shape index (κ3) is 4.73. The van der Waals surface area contributed by atoms with Gasteiger partial charge in [0, 0.05) is 14.0 Å². The van der Waals surface area contributed by atoms with Crippen LogP contribution >= 0.6 is 46.1 Å². The van der Waals surface area contributed by atoms with Crippen molar-refractivity contribution in [2.24, 2.45) is 11.3 Å². The SMILES string of the molecule is CC(C)(C)[C@H]1CCc2c(sc(NC(=S)NC(=O)c3cccc(I)c3)c2C#N)C1. The van der Waals surface area contributed by atoms with Crippen LogP contribution in [0.3, 0.4) is 0 Å². The molecule has 1 amide bonds. The molecule has 1 aromatic carbocycles. The summed E-state index contributed by atoms with van der Waals surface area (Å²) < 4.78 is 0.982. The van der Waals surface area contributed by atoms with Crippen molar-refractivity contribution in [1.82, 2.24) is 5.32 Å². The zero-order valence-corrected chi connectivity index (χ0v) is 19.8. The van der Waals surface area contributed by atoms with Gasteiger partial charge in [-0.1, -0.05) is 26.8 Å². The molecule has 1 aromatic heterocycles. The number of carbonyl (C=O) groups is 1. The number of nitrogens with one attached hydrogen (secondary N) is 2. The lowest BCUT2D eigenvalue weighted by molar-refractivity contribution is 0.0977. The summed E-state index contributed by atoms with van der Waals surface area (Å²) in [5, 5.41) is 16.4. The molecule has 0 radical (unpaired) electrons. The van der Waals surface area contributed by atoms with Crippen molar-refractivity contribution >= 4 is 62.2 Å². The van der Waals surface area contributed by atoms with E-state index in [1.54, 1.807) is 23.5 Å². The topological polar surface area (TPSA) is 64.9 Å². The van der Waals surface area contributed by atoms with Gasteiger partial charge in [0.2, 0.25) is 0 Å². The van der Waals surface area contributed by atoms with Crippen LogP contribution in [0.15, 0.2) is 24.3 Å². The molecule has 1 aliphatic carbocycles. The first-order chi connectivity index (χ1) is 13.2. The van der Waals surface area contributed by atoms with E-state index in [4.69, 9.17) is 12.2 Å². The third-order valence-corrected chi connectivity index (χ3v) is 7.19. The summed E-state index contributed by atoms with van der Waals surface area (Å²) >= 11 is 9.08. The van der Waals surface area contributed by atoms with Crippen LogP contribution in [0.2, 0.25) is 0 Å². The lowest BCUT2D eigenvalue weighted by Gasteiger charge is -2.33. The van der Waals surface area contributed by atoms with Gasteiger partial charge in [-0.15, -0.1) is 11.3 Å². The molecule has 4 nitrogen and oxygen atoms in total. The fourth-order valence-corrected chi connectivity index (χ4v) is 5.56. The van der Waals surface area contributed by atoms with Gasteiger partial charge in [0.15, 0.2) is 5.11 Å². The Balaban J connectivity index is 1.74. The van der Waals surface area contributed by atoms with Crippen LogP contribution in [0, 0.1) is 26.2 Å². The minimum Gasteiger partial charge on any atom is -0.323 e. The average Bonchev–Trinajstić information content (AvgIpc) is 2.96. The van der Waals surface area contributed by atoms with Crippen molar-refractivity contribution in [2.45, 2.75) is 40.0 Å². The molecule has 28 heavy (non-hydrogen) atoms. The number of hydrogen-bond acceptors (Lipinski definition) is 4. The van der Waals surface area contributed by atoms with E-state index in [2.05, 4.69) is 60.1 Å². The molecule has 2 aromatic rings. The highest BCUT2D eigenvalue weighted by Gasteiger charge is 2.32. The first-order valence-corrected chi connectivity index (χ1v) is 11.4. The number of thiophene rings is 1. The van der Waals surface area contributed by atoms with Crippen LogP contribution < -0.4 is 10.6 Å². The number of amides is 1. The maximum absolute atomic E-state index is 12.4. The second-order valence-electron chi connectivity index (χ2n) is 8.04. The summed E-state index contributed by atoms with van der Waals surface area (Å²) in [4.78, 5) is 13.7. The van der Waals surface area contributed by atoms with Crippen LogP contribution in [0.1, 0.15) is 53.6 Å². The zero-order chi connectivity index (χ0) is 20.5. The fraction of sp³-hybridized carbons (Fsp3) is 0.381. The van der Waals surface area contributed by atoms with Gasteiger partial charge >= 0.3 is 0 Å². The molecule has 7 heteroatoms. The summed E-state index contributed by atoms with van der Waals surface area (Å²) in [5.41, 5.74) is 2.61. The van der Waals surface area contributed by atoms with E-state index in [-0.39, 0.29) is 16.4 Å². The van der Waals surface area contributed by atoms with Crippen LogP contribution in [0.25, 0.3) is 0 Å². The molecule has 0 spiro atoms. The highest BCUT2D eigenvalue weighted by atomic mass is 127. The molecule has 1 heterocycles. The Morgan fingerprint density at radius 1 is 1.39 bits per heavy atom. The van der Waals surface area contributed by atoms with E-state index in [1.807, 2.05) is 12.1 Å². The van der Waals surface area contributed by atoms with Gasteiger partial charge in [0.05, 0.1) is 5.56 Å². The number of carbonyl (C=O) groups excluding carboxylic acids is 1. The van der Waals surface area contributed by atoms with Crippen LogP contribution in [0.4, 0.5) is 5.00 Å². The molecule has 2 N–H and O–H groups in total. The molecule has 0 saturated carbocycles. The highest BCUT2D eigenvalue weighted by Crippen LogP contribution is 2.43. The van der Waals surface area contributed by atoms with Crippen LogP contribution in [-0.2, 0) is 12.8 Å². The van der Waals surface area contributed by atoms with Crippen molar-refractivity contribution in [3.05, 3.63) is 49.4 Å². The number of hydrogen-bond donors (Lipinski definition) is 2. The van der Waals surface area contributed by atoms with E-state index >= 15 is 0 Å². The molecule has 3 rings (SSSR count). The van der Waals surface area contributed by atoms with Crippen LogP contribution in [0.5, 0.6) is 0 Å². The monoisotopic (exact) mass is 523 g/mol. The number of nitrogens with zero attached hydrogens (tertiary/aromatic N) is 1. The largest absolute Gasteiger partial charge is 0.323 e. The summed E-state index contributed by atoms with van der Waals surface area (Å²) in [5.74, 6) is 0.342.